The standard InChI is InChI=1S/C7H13N2/c1-6-4-2-3-5-7(6)9-8/h6-7H,2-5H2,1H3/q+1. The molecule has 0 amide bonds. The molecule has 9 heavy (non-hydrogen) atoms. The Morgan fingerprint density at radius 2 is 2.00 bits per heavy atom. The van der Waals surface area contributed by atoms with Crippen LogP contribution in [0.3, 0.4) is 0 Å². The summed E-state index contributed by atoms with van der Waals surface area (Å²) < 4.78 is 0. The van der Waals surface area contributed by atoms with Crippen molar-refractivity contribution in [3.63, 3.8) is 0 Å². The zero-order valence-electron chi connectivity index (χ0n) is 5.88. The average molecular weight is 125 g/mol. The van der Waals surface area contributed by atoms with Gasteiger partial charge in [0.05, 0.1) is 0 Å². The summed E-state index contributed by atoms with van der Waals surface area (Å²) in [5.41, 5.74) is 3.33. The van der Waals surface area contributed by atoms with Gasteiger partial charge in [0.15, 0.2) is 0 Å². The lowest BCUT2D eigenvalue weighted by atomic mass is 9.86. The van der Waals surface area contributed by atoms with Crippen LogP contribution in [0.25, 0.3) is 0 Å². The van der Waals surface area contributed by atoms with Gasteiger partial charge < -0.3 is 0 Å². The lowest BCUT2D eigenvalue weighted by Crippen LogP contribution is -2.30. The van der Waals surface area contributed by atoms with Gasteiger partial charge in [0, 0.05) is 12.3 Å². The molecule has 0 spiro atoms. The molecule has 1 rings (SSSR count). The zero-order chi connectivity index (χ0) is 6.69. The van der Waals surface area contributed by atoms with Gasteiger partial charge in [-0.2, -0.15) is 0 Å². The number of hydrogen-bond acceptors (Lipinski definition) is 0. The van der Waals surface area contributed by atoms with Crippen LogP contribution in [-0.4, -0.2) is 6.04 Å². The van der Waals surface area contributed by atoms with Crippen molar-refractivity contribution in [2.45, 2.75) is 38.6 Å². The average Bonchev–Trinajstić information content (AvgIpc) is 1.89. The van der Waals surface area contributed by atoms with E-state index in [0.717, 1.165) is 6.42 Å². The molecule has 1 saturated carbocycles. The Morgan fingerprint density at radius 3 is 2.44 bits per heavy atom. The predicted molar refractivity (Wildman–Crippen MR) is 35.7 cm³/mol. The smallest absolute Gasteiger partial charge is 0.0563 e. The van der Waals surface area contributed by atoms with Gasteiger partial charge >= 0.3 is 0 Å². The van der Waals surface area contributed by atoms with Crippen molar-refractivity contribution in [3.05, 3.63) is 0 Å². The molecule has 0 saturated heterocycles. The molecule has 0 aromatic carbocycles. The van der Waals surface area contributed by atoms with Crippen molar-refractivity contribution in [1.82, 2.24) is 11.3 Å². The van der Waals surface area contributed by atoms with Crippen LogP contribution in [-0.2, 0) is 0 Å². The first kappa shape index (κ1) is 7.03. The first-order valence-electron chi connectivity index (χ1n) is 3.69. The molecule has 2 nitrogen and oxygen atoms in total. The van der Waals surface area contributed by atoms with Crippen LogP contribution >= 0.6 is 0 Å². The molecule has 0 aromatic heterocycles. The molecule has 2 heteroatoms. The van der Waals surface area contributed by atoms with Crippen LogP contribution in [0.4, 0.5) is 0 Å². The van der Waals surface area contributed by atoms with Crippen molar-refractivity contribution in [1.29, 1.82) is 0 Å². The highest BCUT2D eigenvalue weighted by Gasteiger charge is 2.31. The maximum Gasteiger partial charge on any atom is 0.265 e. The van der Waals surface area contributed by atoms with Crippen LogP contribution in [0.5, 0.6) is 0 Å². The van der Waals surface area contributed by atoms with Crippen LogP contribution in [0.15, 0.2) is 0 Å². The summed E-state index contributed by atoms with van der Waals surface area (Å²) in [5, 5.41) is 0. The van der Waals surface area contributed by atoms with Crippen LogP contribution < -0.4 is 11.3 Å². The minimum atomic E-state index is 0.235. The third-order valence-electron chi connectivity index (χ3n) is 2.21. The molecule has 0 aliphatic heterocycles. The van der Waals surface area contributed by atoms with E-state index in [-0.39, 0.29) is 6.04 Å². The van der Waals surface area contributed by atoms with Gasteiger partial charge in [-0.05, 0) is 12.8 Å². The minimum absolute atomic E-state index is 0.235. The quantitative estimate of drug-likeness (QED) is 0.471. The van der Waals surface area contributed by atoms with E-state index in [4.69, 9.17) is 5.84 Å². The van der Waals surface area contributed by atoms with Crippen LogP contribution in [0.1, 0.15) is 32.6 Å². The third kappa shape index (κ3) is 1.66. The second-order valence-corrected chi connectivity index (χ2v) is 2.94. The molecule has 0 N–H and O–H groups in total. The minimum Gasteiger partial charge on any atom is -0.0563 e. The van der Waals surface area contributed by atoms with E-state index in [0.29, 0.717) is 5.92 Å². The fourth-order valence-corrected chi connectivity index (χ4v) is 1.47. The van der Waals surface area contributed by atoms with E-state index in [2.05, 4.69) is 12.3 Å². The first-order valence-corrected chi connectivity index (χ1v) is 3.69. The molecule has 0 bridgehead atoms. The molecular formula is C7H13N2+. The third-order valence-corrected chi connectivity index (χ3v) is 2.21. The molecular weight excluding hydrogens is 112 g/mol. The molecule has 2 atom stereocenters. The van der Waals surface area contributed by atoms with Crippen molar-refractivity contribution < 1.29 is 0 Å². The Balaban J connectivity index is 2.30. The molecule has 4 radical (unpaired) electrons. The maximum atomic E-state index is 8.49. The molecule has 50 valence electrons. The monoisotopic (exact) mass is 125 g/mol. The van der Waals surface area contributed by atoms with Crippen LogP contribution in [0.2, 0.25) is 0 Å². The number of nitrogens with zero attached hydrogens (tertiary/aromatic N) is 2. The molecule has 0 heterocycles. The molecule has 2 unspecified atom stereocenters. The molecule has 0 aromatic rings. The first-order chi connectivity index (χ1) is 4.34. The fraction of sp³-hybridized carbons (Fsp3) is 1.00. The Labute approximate surface area is 56.8 Å². The zero-order valence-corrected chi connectivity index (χ0v) is 5.88. The fourth-order valence-electron chi connectivity index (χ4n) is 1.47. The topological polar surface area (TPSA) is 36.4 Å². The second-order valence-electron chi connectivity index (χ2n) is 2.94. The summed E-state index contributed by atoms with van der Waals surface area (Å²) in [6, 6.07) is 0.235. The lowest BCUT2D eigenvalue weighted by Gasteiger charge is -2.16. The Kier molecular flexibility index (Phi) is 2.49. The summed E-state index contributed by atoms with van der Waals surface area (Å²) >= 11 is 0. The summed E-state index contributed by atoms with van der Waals surface area (Å²) in [5.74, 6) is 9.09. The van der Waals surface area contributed by atoms with Gasteiger partial charge in [0.2, 0.25) is 11.5 Å². The van der Waals surface area contributed by atoms with Gasteiger partial charge in [-0.15, -0.1) is 0 Å². The van der Waals surface area contributed by atoms with Crippen molar-refractivity contribution in [3.8, 4) is 0 Å². The lowest BCUT2D eigenvalue weighted by molar-refractivity contribution is 0.275. The van der Waals surface area contributed by atoms with Gasteiger partial charge in [-0.1, -0.05) is 13.3 Å². The highest BCUT2D eigenvalue weighted by atomic mass is 15.2. The summed E-state index contributed by atoms with van der Waals surface area (Å²) in [6.45, 7) is 2.16. The largest absolute Gasteiger partial charge is 0.265 e. The number of hydrogen-bond donors (Lipinski definition) is 0. The van der Waals surface area contributed by atoms with Gasteiger partial charge in [0.1, 0.15) is 0 Å². The highest BCUT2D eigenvalue weighted by molar-refractivity contribution is 4.74. The van der Waals surface area contributed by atoms with E-state index in [9.17, 15) is 0 Å². The number of rotatable bonds is 1. The maximum absolute atomic E-state index is 8.49. The normalized spacial score (nSPS) is 36.7. The summed E-state index contributed by atoms with van der Waals surface area (Å²) in [7, 11) is 0. The van der Waals surface area contributed by atoms with Gasteiger partial charge in [0.25, 0.3) is 5.84 Å². The van der Waals surface area contributed by atoms with Crippen molar-refractivity contribution in [2.24, 2.45) is 5.92 Å². The highest BCUT2D eigenvalue weighted by Crippen LogP contribution is 2.23. The Morgan fingerprint density at radius 1 is 1.33 bits per heavy atom. The second kappa shape index (κ2) is 3.18. The van der Waals surface area contributed by atoms with Gasteiger partial charge in [-0.3, -0.25) is 0 Å². The van der Waals surface area contributed by atoms with E-state index < -0.39 is 0 Å². The van der Waals surface area contributed by atoms with Crippen LogP contribution in [0, 0.1) is 5.92 Å². The Bertz CT molecular complexity index is 83.0. The van der Waals surface area contributed by atoms with Crippen molar-refractivity contribution in [2.75, 3.05) is 0 Å². The predicted octanol–water partition coefficient (Wildman–Crippen LogP) is 1.15. The van der Waals surface area contributed by atoms with E-state index >= 15 is 0 Å². The Hall–Kier alpha value is -0.0800. The molecule has 1 aliphatic carbocycles. The molecule has 1 aliphatic rings. The van der Waals surface area contributed by atoms with Gasteiger partial charge in [-0.25, -0.2) is 0 Å². The van der Waals surface area contributed by atoms with E-state index in [1.165, 1.54) is 19.3 Å². The summed E-state index contributed by atoms with van der Waals surface area (Å²) in [6.07, 6.45) is 4.86. The van der Waals surface area contributed by atoms with E-state index in [1.54, 1.807) is 0 Å². The van der Waals surface area contributed by atoms with Crippen molar-refractivity contribution >= 4 is 0 Å². The SMILES string of the molecule is CC1CCCCC1[N+][N]. The molecule has 1 fully saturated rings. The summed E-state index contributed by atoms with van der Waals surface area (Å²) in [4.78, 5) is 0. The van der Waals surface area contributed by atoms with E-state index in [1.807, 2.05) is 0 Å².